The second kappa shape index (κ2) is 7.07. The first-order valence-electron chi connectivity index (χ1n) is 5.74. The van der Waals surface area contributed by atoms with Gasteiger partial charge in [-0.2, -0.15) is 0 Å². The highest BCUT2D eigenvalue weighted by atomic mass is 35.5. The lowest BCUT2D eigenvalue weighted by Crippen LogP contribution is -2.35. The van der Waals surface area contributed by atoms with Gasteiger partial charge < -0.3 is 10.1 Å². The Hall–Kier alpha value is -0.280. The largest absolute Gasteiger partial charge is 0.377 e. The highest BCUT2D eigenvalue weighted by molar-refractivity contribution is 6.17. The summed E-state index contributed by atoms with van der Waals surface area (Å²) in [6.07, 6.45) is 3.82. The molecule has 4 heteroatoms. The topological polar surface area (TPSA) is 38.3 Å². The van der Waals surface area contributed by atoms with E-state index < -0.39 is 0 Å². The number of alkyl halides is 1. The zero-order chi connectivity index (χ0) is 11.1. The third kappa shape index (κ3) is 3.99. The monoisotopic (exact) mass is 233 g/mol. The molecule has 1 aliphatic heterocycles. The molecular formula is C11H20ClNO2. The third-order valence-electron chi connectivity index (χ3n) is 2.81. The first kappa shape index (κ1) is 12.8. The Morgan fingerprint density at radius 3 is 3.00 bits per heavy atom. The molecular weight excluding hydrogens is 214 g/mol. The van der Waals surface area contributed by atoms with Gasteiger partial charge in [-0.15, -0.1) is 11.6 Å². The van der Waals surface area contributed by atoms with Gasteiger partial charge in [0.1, 0.15) is 0 Å². The molecule has 2 atom stereocenters. The van der Waals surface area contributed by atoms with Crippen molar-refractivity contribution in [1.82, 2.24) is 5.32 Å². The van der Waals surface area contributed by atoms with Crippen molar-refractivity contribution < 1.29 is 9.53 Å². The molecule has 1 N–H and O–H groups in total. The fourth-order valence-electron chi connectivity index (χ4n) is 1.91. The molecule has 2 unspecified atom stereocenters. The van der Waals surface area contributed by atoms with Gasteiger partial charge in [0.2, 0.25) is 5.91 Å². The number of ether oxygens (including phenoxy) is 1. The molecule has 15 heavy (non-hydrogen) atoms. The Balaban J connectivity index is 2.21. The summed E-state index contributed by atoms with van der Waals surface area (Å²) in [6, 6.07) is 0. The molecule has 0 aliphatic carbocycles. The van der Waals surface area contributed by atoms with Gasteiger partial charge in [-0.3, -0.25) is 4.79 Å². The Morgan fingerprint density at radius 1 is 1.53 bits per heavy atom. The number of amides is 1. The van der Waals surface area contributed by atoms with Gasteiger partial charge in [-0.05, 0) is 25.7 Å². The van der Waals surface area contributed by atoms with Crippen LogP contribution in [0.1, 0.15) is 32.6 Å². The molecule has 3 nitrogen and oxygen atoms in total. The Kier molecular flexibility index (Phi) is 6.03. The van der Waals surface area contributed by atoms with Crippen LogP contribution in [-0.4, -0.2) is 31.0 Å². The summed E-state index contributed by atoms with van der Waals surface area (Å²) in [5.41, 5.74) is 0. The second-order valence-electron chi connectivity index (χ2n) is 3.90. The van der Waals surface area contributed by atoms with Crippen LogP contribution in [0.3, 0.4) is 0 Å². The fraction of sp³-hybridized carbons (Fsp3) is 0.909. The van der Waals surface area contributed by atoms with Gasteiger partial charge in [0.15, 0.2) is 0 Å². The number of rotatable bonds is 6. The maximum Gasteiger partial charge on any atom is 0.225 e. The Labute approximate surface area is 96.5 Å². The van der Waals surface area contributed by atoms with Crippen LogP contribution in [0.5, 0.6) is 0 Å². The van der Waals surface area contributed by atoms with E-state index >= 15 is 0 Å². The lowest BCUT2D eigenvalue weighted by molar-refractivity contribution is -0.126. The van der Waals surface area contributed by atoms with Crippen LogP contribution in [0.2, 0.25) is 0 Å². The summed E-state index contributed by atoms with van der Waals surface area (Å²) < 4.78 is 5.48. The molecule has 1 saturated heterocycles. The van der Waals surface area contributed by atoms with Gasteiger partial charge in [0.25, 0.3) is 0 Å². The predicted octanol–water partition coefficient (Wildman–Crippen LogP) is 1.94. The highest BCUT2D eigenvalue weighted by Crippen LogP contribution is 2.23. The van der Waals surface area contributed by atoms with E-state index in [1.165, 1.54) is 0 Å². The predicted molar refractivity (Wildman–Crippen MR) is 61.1 cm³/mol. The summed E-state index contributed by atoms with van der Waals surface area (Å²) in [6.45, 7) is 3.51. The SMILES string of the molecule is CCC1OCCC1C(=O)NCCCCCl. The van der Waals surface area contributed by atoms with Gasteiger partial charge in [0, 0.05) is 19.0 Å². The number of unbranched alkanes of at least 4 members (excludes halogenated alkanes) is 1. The van der Waals surface area contributed by atoms with Crippen LogP contribution in [0.25, 0.3) is 0 Å². The molecule has 0 aromatic rings. The molecule has 0 bridgehead atoms. The molecule has 1 heterocycles. The Morgan fingerprint density at radius 2 is 2.33 bits per heavy atom. The van der Waals surface area contributed by atoms with Crippen molar-refractivity contribution in [3.8, 4) is 0 Å². The zero-order valence-corrected chi connectivity index (χ0v) is 10.1. The fourth-order valence-corrected chi connectivity index (χ4v) is 2.10. The summed E-state index contributed by atoms with van der Waals surface area (Å²) in [5.74, 6) is 0.875. The van der Waals surface area contributed by atoms with Gasteiger partial charge >= 0.3 is 0 Å². The minimum absolute atomic E-state index is 0.0611. The van der Waals surface area contributed by atoms with Crippen LogP contribution >= 0.6 is 11.6 Å². The molecule has 1 rings (SSSR count). The number of nitrogens with one attached hydrogen (secondary N) is 1. The smallest absolute Gasteiger partial charge is 0.225 e. The summed E-state index contributed by atoms with van der Waals surface area (Å²) in [5, 5.41) is 2.95. The quantitative estimate of drug-likeness (QED) is 0.563. The standard InChI is InChI=1S/C11H20ClNO2/c1-2-10-9(5-8-15-10)11(14)13-7-4-3-6-12/h9-10H,2-8H2,1H3,(H,13,14). The van der Waals surface area contributed by atoms with E-state index in [1.807, 2.05) is 0 Å². The normalized spacial score (nSPS) is 25.5. The summed E-state index contributed by atoms with van der Waals surface area (Å²) >= 11 is 5.56. The van der Waals surface area contributed by atoms with Crippen LogP contribution in [0.4, 0.5) is 0 Å². The van der Waals surface area contributed by atoms with Crippen LogP contribution in [-0.2, 0) is 9.53 Å². The summed E-state index contributed by atoms with van der Waals surface area (Å²) in [7, 11) is 0. The molecule has 0 aromatic carbocycles. The van der Waals surface area contributed by atoms with E-state index in [1.54, 1.807) is 0 Å². The zero-order valence-electron chi connectivity index (χ0n) is 9.30. The van der Waals surface area contributed by atoms with Crippen molar-refractivity contribution in [1.29, 1.82) is 0 Å². The maximum atomic E-state index is 11.8. The van der Waals surface area contributed by atoms with Crippen LogP contribution in [0.15, 0.2) is 0 Å². The molecule has 0 aromatic heterocycles. The third-order valence-corrected chi connectivity index (χ3v) is 3.08. The lowest BCUT2D eigenvalue weighted by Gasteiger charge is -2.16. The minimum atomic E-state index is 0.0611. The Bertz CT molecular complexity index is 199. The van der Waals surface area contributed by atoms with Crippen LogP contribution in [0, 0.1) is 5.92 Å². The van der Waals surface area contributed by atoms with E-state index in [0.29, 0.717) is 5.88 Å². The van der Waals surface area contributed by atoms with E-state index in [0.717, 1.165) is 38.8 Å². The number of halogens is 1. The van der Waals surface area contributed by atoms with Crippen LogP contribution < -0.4 is 5.32 Å². The van der Waals surface area contributed by atoms with E-state index in [9.17, 15) is 4.79 Å². The molecule has 0 radical (unpaired) electrons. The van der Waals surface area contributed by atoms with Crippen molar-refractivity contribution in [2.45, 2.75) is 38.7 Å². The van der Waals surface area contributed by atoms with E-state index in [4.69, 9.17) is 16.3 Å². The number of hydrogen-bond acceptors (Lipinski definition) is 2. The highest BCUT2D eigenvalue weighted by Gasteiger charge is 2.32. The number of hydrogen-bond donors (Lipinski definition) is 1. The van der Waals surface area contributed by atoms with Crippen molar-refractivity contribution in [2.24, 2.45) is 5.92 Å². The molecule has 1 aliphatic rings. The lowest BCUT2D eigenvalue weighted by atomic mass is 9.99. The van der Waals surface area contributed by atoms with Gasteiger partial charge in [-0.25, -0.2) is 0 Å². The summed E-state index contributed by atoms with van der Waals surface area (Å²) in [4.78, 5) is 11.8. The average Bonchev–Trinajstić information content (AvgIpc) is 2.72. The van der Waals surface area contributed by atoms with Crippen molar-refractivity contribution in [3.63, 3.8) is 0 Å². The molecule has 1 fully saturated rings. The maximum absolute atomic E-state index is 11.8. The molecule has 1 amide bonds. The van der Waals surface area contributed by atoms with Gasteiger partial charge in [0.05, 0.1) is 12.0 Å². The number of carbonyl (C=O) groups excluding carboxylic acids is 1. The molecule has 0 saturated carbocycles. The first-order valence-corrected chi connectivity index (χ1v) is 6.28. The van der Waals surface area contributed by atoms with Crippen molar-refractivity contribution in [2.75, 3.05) is 19.0 Å². The second-order valence-corrected chi connectivity index (χ2v) is 4.28. The number of carbonyl (C=O) groups is 1. The van der Waals surface area contributed by atoms with E-state index in [2.05, 4.69) is 12.2 Å². The van der Waals surface area contributed by atoms with Gasteiger partial charge in [-0.1, -0.05) is 6.92 Å². The minimum Gasteiger partial charge on any atom is -0.377 e. The van der Waals surface area contributed by atoms with E-state index in [-0.39, 0.29) is 17.9 Å². The van der Waals surface area contributed by atoms with Crippen molar-refractivity contribution >= 4 is 17.5 Å². The van der Waals surface area contributed by atoms with Crippen molar-refractivity contribution in [3.05, 3.63) is 0 Å². The first-order chi connectivity index (χ1) is 7.29. The molecule has 0 spiro atoms. The average molecular weight is 234 g/mol. The molecule has 88 valence electrons.